The average molecular weight is 755 g/mol. The molecule has 11 rings (SSSR count). The van der Waals surface area contributed by atoms with Gasteiger partial charge < -0.3 is 4.42 Å². The summed E-state index contributed by atoms with van der Waals surface area (Å²) in [6.45, 7) is 0. The predicted octanol–water partition coefficient (Wildman–Crippen LogP) is 14.0. The van der Waals surface area contributed by atoms with Gasteiger partial charge in [0, 0.05) is 38.4 Å². The average Bonchev–Trinajstić information content (AvgIpc) is 3.72. The molecule has 0 N–H and O–H groups in total. The Balaban J connectivity index is 1.02. The molecule has 0 unspecified atom stereocenters. The van der Waals surface area contributed by atoms with Crippen molar-refractivity contribution in [3.8, 4) is 78.8 Å². The minimum absolute atomic E-state index is 0.587. The molecule has 11 aromatic rings. The van der Waals surface area contributed by atoms with E-state index in [1.54, 1.807) is 0 Å². The molecule has 0 saturated heterocycles. The molecule has 0 radical (unpaired) electrons. The van der Waals surface area contributed by atoms with Crippen molar-refractivity contribution >= 4 is 32.8 Å². The van der Waals surface area contributed by atoms with Gasteiger partial charge in [0.2, 0.25) is 0 Å². The van der Waals surface area contributed by atoms with Crippen LogP contribution in [0, 0.1) is 0 Å². The molecule has 0 aliphatic carbocycles. The number of nitrogens with zero attached hydrogens (tertiary/aromatic N) is 4. The highest BCUT2D eigenvalue weighted by atomic mass is 16.3. The fourth-order valence-corrected chi connectivity index (χ4v) is 7.92. The Morgan fingerprint density at radius 2 is 0.678 bits per heavy atom. The van der Waals surface area contributed by atoms with E-state index in [9.17, 15) is 0 Å². The number of benzene rings is 8. The van der Waals surface area contributed by atoms with Gasteiger partial charge >= 0.3 is 0 Å². The Hall–Kier alpha value is -8.02. The van der Waals surface area contributed by atoms with Crippen molar-refractivity contribution in [3.63, 3.8) is 0 Å². The standard InChI is InChI=1S/C54H34N4O/c1-4-12-35(13-5-1)38-20-26-41(27-21-38)52-56-53(42-28-22-39(23-29-42)36-14-6-2-7-15-36)58-54(57-52)43-30-24-40(25-31-43)50-51-49(46-18-10-11-19-48(46)59-51)45-33-32-44(34-47(45)55-50)37-16-8-3-9-17-37/h1-34H. The molecule has 0 spiro atoms. The Morgan fingerprint density at radius 1 is 0.288 bits per heavy atom. The third-order valence-electron chi connectivity index (χ3n) is 11.0. The maximum Gasteiger partial charge on any atom is 0.164 e. The second-order valence-electron chi connectivity index (χ2n) is 14.6. The van der Waals surface area contributed by atoms with Gasteiger partial charge in [0.1, 0.15) is 11.3 Å². The van der Waals surface area contributed by atoms with Crippen LogP contribution >= 0.6 is 0 Å². The van der Waals surface area contributed by atoms with E-state index in [-0.39, 0.29) is 0 Å². The second kappa shape index (κ2) is 14.5. The Labute approximate surface area is 341 Å². The Bertz CT molecular complexity index is 3170. The highest BCUT2D eigenvalue weighted by molar-refractivity contribution is 6.21. The third-order valence-corrected chi connectivity index (χ3v) is 11.0. The molecule has 0 saturated carbocycles. The first-order valence-corrected chi connectivity index (χ1v) is 19.7. The summed E-state index contributed by atoms with van der Waals surface area (Å²) < 4.78 is 6.58. The zero-order valence-electron chi connectivity index (χ0n) is 31.8. The molecule has 3 heterocycles. The quantitative estimate of drug-likeness (QED) is 0.162. The van der Waals surface area contributed by atoms with Crippen molar-refractivity contribution in [2.24, 2.45) is 0 Å². The first-order chi connectivity index (χ1) is 29.2. The highest BCUT2D eigenvalue weighted by Gasteiger charge is 2.19. The number of aromatic nitrogens is 4. The molecule has 59 heavy (non-hydrogen) atoms. The van der Waals surface area contributed by atoms with Crippen LogP contribution in [0.5, 0.6) is 0 Å². The molecule has 3 aromatic heterocycles. The molecule has 8 aromatic carbocycles. The molecule has 0 amide bonds. The second-order valence-corrected chi connectivity index (χ2v) is 14.6. The topological polar surface area (TPSA) is 64.7 Å². The minimum atomic E-state index is 0.587. The van der Waals surface area contributed by atoms with Crippen molar-refractivity contribution in [1.82, 2.24) is 19.9 Å². The van der Waals surface area contributed by atoms with Gasteiger partial charge in [-0.05, 0) is 45.5 Å². The maximum absolute atomic E-state index is 6.58. The van der Waals surface area contributed by atoms with Crippen LogP contribution in [-0.2, 0) is 0 Å². The molecule has 5 heteroatoms. The normalized spacial score (nSPS) is 11.4. The number of hydrogen-bond donors (Lipinski definition) is 0. The van der Waals surface area contributed by atoms with E-state index in [1.165, 1.54) is 0 Å². The van der Waals surface area contributed by atoms with Gasteiger partial charge in [0.15, 0.2) is 23.1 Å². The summed E-state index contributed by atoms with van der Waals surface area (Å²) in [5.41, 5.74) is 13.8. The van der Waals surface area contributed by atoms with E-state index in [0.717, 1.165) is 94.2 Å². The van der Waals surface area contributed by atoms with E-state index in [2.05, 4.69) is 176 Å². The van der Waals surface area contributed by atoms with E-state index in [0.29, 0.717) is 17.5 Å². The molecule has 276 valence electrons. The van der Waals surface area contributed by atoms with Gasteiger partial charge in [-0.1, -0.05) is 194 Å². The smallest absolute Gasteiger partial charge is 0.164 e. The van der Waals surface area contributed by atoms with Crippen molar-refractivity contribution < 1.29 is 4.42 Å². The van der Waals surface area contributed by atoms with Crippen LogP contribution in [0.4, 0.5) is 0 Å². The van der Waals surface area contributed by atoms with Crippen molar-refractivity contribution in [2.75, 3.05) is 0 Å². The molecule has 0 aliphatic heterocycles. The van der Waals surface area contributed by atoms with Crippen LogP contribution < -0.4 is 0 Å². The lowest BCUT2D eigenvalue weighted by atomic mass is 9.99. The monoisotopic (exact) mass is 754 g/mol. The summed E-state index contributed by atoms with van der Waals surface area (Å²) >= 11 is 0. The highest BCUT2D eigenvalue weighted by Crippen LogP contribution is 2.40. The number of furan rings is 1. The number of hydrogen-bond acceptors (Lipinski definition) is 5. The molecule has 0 atom stereocenters. The summed E-state index contributed by atoms with van der Waals surface area (Å²) in [4.78, 5) is 20.5. The fraction of sp³-hybridized carbons (Fsp3) is 0. The summed E-state index contributed by atoms with van der Waals surface area (Å²) in [5, 5.41) is 3.19. The first-order valence-electron chi connectivity index (χ1n) is 19.7. The minimum Gasteiger partial charge on any atom is -0.454 e. The van der Waals surface area contributed by atoms with Gasteiger partial charge in [-0.2, -0.15) is 0 Å². The Kier molecular flexibility index (Phi) is 8.41. The largest absolute Gasteiger partial charge is 0.454 e. The molecule has 5 nitrogen and oxygen atoms in total. The lowest BCUT2D eigenvalue weighted by Gasteiger charge is -2.11. The summed E-state index contributed by atoms with van der Waals surface area (Å²) in [6.07, 6.45) is 0. The van der Waals surface area contributed by atoms with E-state index in [4.69, 9.17) is 24.4 Å². The van der Waals surface area contributed by atoms with Crippen LogP contribution in [0.1, 0.15) is 0 Å². The summed E-state index contributed by atoms with van der Waals surface area (Å²) in [7, 11) is 0. The number of fused-ring (bicyclic) bond motifs is 5. The summed E-state index contributed by atoms with van der Waals surface area (Å²) in [5.74, 6) is 1.80. The van der Waals surface area contributed by atoms with E-state index in [1.807, 2.05) is 30.3 Å². The van der Waals surface area contributed by atoms with Gasteiger partial charge in [-0.15, -0.1) is 0 Å². The number of rotatable bonds is 7. The van der Waals surface area contributed by atoms with Crippen molar-refractivity contribution in [1.29, 1.82) is 0 Å². The van der Waals surface area contributed by atoms with E-state index < -0.39 is 0 Å². The van der Waals surface area contributed by atoms with Crippen LogP contribution in [0.15, 0.2) is 211 Å². The SMILES string of the molecule is c1ccc(-c2ccc(-c3nc(-c4ccc(-c5ccccc5)cc4)nc(-c4ccc(-c5nc6cc(-c7ccccc7)ccc6c6c5oc5ccccc56)cc4)n3)cc2)cc1. The maximum atomic E-state index is 6.58. The van der Waals surface area contributed by atoms with Crippen LogP contribution in [0.2, 0.25) is 0 Å². The zero-order chi connectivity index (χ0) is 39.1. The van der Waals surface area contributed by atoms with Gasteiger partial charge in [0.05, 0.1) is 5.52 Å². The molecular weight excluding hydrogens is 721 g/mol. The van der Waals surface area contributed by atoms with Crippen LogP contribution in [0.3, 0.4) is 0 Å². The lowest BCUT2D eigenvalue weighted by Crippen LogP contribution is -2.00. The van der Waals surface area contributed by atoms with Crippen molar-refractivity contribution in [3.05, 3.63) is 206 Å². The van der Waals surface area contributed by atoms with Gasteiger partial charge in [-0.3, -0.25) is 0 Å². The molecule has 0 fully saturated rings. The first kappa shape index (κ1) is 34.2. The van der Waals surface area contributed by atoms with Gasteiger partial charge in [0.25, 0.3) is 0 Å². The number of para-hydroxylation sites is 1. The molecule has 0 bridgehead atoms. The third kappa shape index (κ3) is 6.41. The van der Waals surface area contributed by atoms with Crippen molar-refractivity contribution in [2.45, 2.75) is 0 Å². The van der Waals surface area contributed by atoms with Crippen LogP contribution in [0.25, 0.3) is 112 Å². The lowest BCUT2D eigenvalue weighted by molar-refractivity contribution is 0.669. The molecule has 0 aliphatic rings. The zero-order valence-corrected chi connectivity index (χ0v) is 31.8. The number of pyridine rings is 1. The van der Waals surface area contributed by atoms with E-state index >= 15 is 0 Å². The molecular formula is C54H34N4O. The fourth-order valence-electron chi connectivity index (χ4n) is 7.92. The summed E-state index contributed by atoms with van der Waals surface area (Å²) in [6, 6.07) is 71.0. The predicted molar refractivity (Wildman–Crippen MR) is 240 cm³/mol. The Morgan fingerprint density at radius 3 is 1.19 bits per heavy atom. The van der Waals surface area contributed by atoms with Gasteiger partial charge in [-0.25, -0.2) is 19.9 Å². The van der Waals surface area contributed by atoms with Crippen LogP contribution in [-0.4, -0.2) is 19.9 Å².